The molecule has 1 saturated carbocycles. The highest BCUT2D eigenvalue weighted by Gasteiger charge is 2.45. The summed E-state index contributed by atoms with van der Waals surface area (Å²) in [6.07, 6.45) is 5.31. The maximum absolute atomic E-state index is 13.3. The van der Waals surface area contributed by atoms with Crippen LogP contribution in [0.2, 0.25) is 0 Å². The van der Waals surface area contributed by atoms with Crippen LogP contribution in [-0.4, -0.2) is 58.0 Å². The van der Waals surface area contributed by atoms with E-state index in [1.54, 1.807) is 12.3 Å². The Morgan fingerprint density at radius 3 is 2.68 bits per heavy atom. The second-order valence-corrected chi connectivity index (χ2v) is 11.9. The van der Waals surface area contributed by atoms with E-state index in [1.165, 1.54) is 29.0 Å². The van der Waals surface area contributed by atoms with Crippen LogP contribution in [0.4, 0.5) is 13.2 Å². The van der Waals surface area contributed by atoms with Gasteiger partial charge in [0.25, 0.3) is 0 Å². The van der Waals surface area contributed by atoms with Crippen molar-refractivity contribution in [3.8, 4) is 0 Å². The molecular weight excluding hydrogens is 509 g/mol. The molecule has 5 nitrogen and oxygen atoms in total. The van der Waals surface area contributed by atoms with E-state index >= 15 is 0 Å². The van der Waals surface area contributed by atoms with E-state index in [1.807, 2.05) is 17.4 Å². The Morgan fingerprint density at radius 1 is 1.24 bits per heavy atom. The van der Waals surface area contributed by atoms with Gasteiger partial charge in [0.05, 0.1) is 11.9 Å². The molecule has 1 aromatic carbocycles. The topological polar surface area (TPSA) is 41.4 Å². The third-order valence-corrected chi connectivity index (χ3v) is 9.43. The number of nitrogens with zero attached hydrogens (tertiary/aromatic N) is 4. The Balaban J connectivity index is 1.11. The van der Waals surface area contributed by atoms with Gasteiger partial charge in [0, 0.05) is 49.2 Å². The second-order valence-electron chi connectivity index (χ2n) is 11.0. The van der Waals surface area contributed by atoms with Crippen LogP contribution >= 0.6 is 11.3 Å². The molecule has 2 aromatic heterocycles. The van der Waals surface area contributed by atoms with Crippen LogP contribution in [-0.2, 0) is 17.5 Å². The number of hydrogen-bond donors (Lipinski definition) is 0. The van der Waals surface area contributed by atoms with Gasteiger partial charge < -0.3 is 14.4 Å². The van der Waals surface area contributed by atoms with E-state index in [0.29, 0.717) is 28.4 Å². The Kier molecular flexibility index (Phi) is 8.14. The van der Waals surface area contributed by atoms with Crippen LogP contribution in [0, 0.1) is 17.8 Å². The van der Waals surface area contributed by atoms with E-state index in [4.69, 9.17) is 0 Å². The summed E-state index contributed by atoms with van der Waals surface area (Å²) in [5, 5.41) is 3.02. The first-order chi connectivity index (χ1) is 18.3. The number of piperidine rings is 1. The van der Waals surface area contributed by atoms with Crippen LogP contribution in [0.5, 0.6) is 0 Å². The van der Waals surface area contributed by atoms with Gasteiger partial charge in [-0.25, -0.2) is 4.98 Å². The van der Waals surface area contributed by atoms with E-state index in [9.17, 15) is 18.0 Å². The van der Waals surface area contributed by atoms with Crippen molar-refractivity contribution in [1.29, 1.82) is 0 Å². The van der Waals surface area contributed by atoms with Crippen molar-refractivity contribution in [3.05, 3.63) is 53.4 Å². The molecule has 0 radical (unpaired) electrons. The lowest BCUT2D eigenvalue weighted by molar-refractivity contribution is -0.137. The molecule has 0 bridgehead atoms. The third kappa shape index (κ3) is 6.09. The average Bonchev–Trinajstić information content (AvgIpc) is 3.26. The van der Waals surface area contributed by atoms with Crippen LogP contribution in [0.1, 0.15) is 56.6 Å². The van der Waals surface area contributed by atoms with Gasteiger partial charge in [-0.3, -0.25) is 4.79 Å². The highest BCUT2D eigenvalue weighted by atomic mass is 32.1. The van der Waals surface area contributed by atoms with Gasteiger partial charge in [-0.05, 0) is 91.9 Å². The number of aromatic nitrogens is 2. The highest BCUT2D eigenvalue weighted by Crippen LogP contribution is 2.43. The summed E-state index contributed by atoms with van der Waals surface area (Å²) in [5.74, 6) is 1.68. The molecule has 1 aliphatic carbocycles. The molecule has 0 N–H and O–H groups in total. The van der Waals surface area contributed by atoms with E-state index in [2.05, 4.69) is 33.7 Å². The number of amides is 1. The predicted octanol–water partition coefficient (Wildman–Crippen LogP) is 6.51. The first kappa shape index (κ1) is 27.2. The molecular formula is C29H37F3N4OS. The number of rotatable bonds is 10. The molecule has 206 valence electrons. The molecule has 38 heavy (non-hydrogen) atoms. The van der Waals surface area contributed by atoms with Crippen LogP contribution in [0.25, 0.3) is 10.1 Å². The van der Waals surface area contributed by atoms with Crippen molar-refractivity contribution in [2.45, 2.75) is 58.2 Å². The molecule has 2 fully saturated rings. The lowest BCUT2D eigenvalue weighted by Crippen LogP contribution is -2.39. The average molecular weight is 547 g/mol. The van der Waals surface area contributed by atoms with Crippen molar-refractivity contribution < 1.29 is 18.0 Å². The van der Waals surface area contributed by atoms with Gasteiger partial charge in [-0.15, -0.1) is 11.3 Å². The van der Waals surface area contributed by atoms with E-state index < -0.39 is 11.7 Å². The fourth-order valence-electron chi connectivity index (χ4n) is 5.98. The number of carbonyl (C=O) groups excluding carboxylic acids is 1. The number of thiophene rings is 1. The van der Waals surface area contributed by atoms with Crippen molar-refractivity contribution in [3.63, 3.8) is 0 Å². The monoisotopic (exact) mass is 546 g/mol. The summed E-state index contributed by atoms with van der Waals surface area (Å²) >= 11 is 1.41. The van der Waals surface area contributed by atoms with Crippen molar-refractivity contribution in [2.75, 3.05) is 32.7 Å². The van der Waals surface area contributed by atoms with Crippen molar-refractivity contribution >= 4 is 27.3 Å². The number of likely N-dealkylation sites (tertiary alicyclic amines) is 1. The predicted molar refractivity (Wildman–Crippen MR) is 145 cm³/mol. The second kappa shape index (κ2) is 11.4. The number of hydrogen-bond acceptors (Lipinski definition) is 4. The Bertz CT molecular complexity index is 1220. The molecule has 1 saturated heterocycles. The van der Waals surface area contributed by atoms with Gasteiger partial charge in [-0.1, -0.05) is 13.0 Å². The molecule has 0 spiro atoms. The first-order valence-corrected chi connectivity index (χ1v) is 14.7. The van der Waals surface area contributed by atoms with Gasteiger partial charge in [0.1, 0.15) is 0 Å². The first-order valence-electron chi connectivity index (χ1n) is 13.8. The summed E-state index contributed by atoms with van der Waals surface area (Å²) in [6, 6.07) is 4.13. The van der Waals surface area contributed by atoms with Crippen molar-refractivity contribution in [1.82, 2.24) is 19.4 Å². The molecule has 9 heteroatoms. The fourth-order valence-corrected chi connectivity index (χ4v) is 7.06. The largest absolute Gasteiger partial charge is 0.416 e. The standard InChI is InChI=1S/C29H37F3N4OS/c1-3-20(15-35-12-9-33-19-35)16-36(4-2)28(37)25-13-22(25)17-34-10-7-21(8-11-34)26-18-38-27-14-23(29(30,31)32)5-6-24(26)27/h5-6,9,12,14,18-22,25H,3-4,7-8,10-11,13,15-17H2,1-2H3/t20-,22-,25+/m0/s1. The van der Waals surface area contributed by atoms with Crippen molar-refractivity contribution in [2.24, 2.45) is 17.8 Å². The fraction of sp³-hybridized carbons (Fsp3) is 0.586. The van der Waals surface area contributed by atoms with Gasteiger partial charge in [-0.2, -0.15) is 13.2 Å². The summed E-state index contributed by atoms with van der Waals surface area (Å²) in [4.78, 5) is 21.9. The molecule has 3 atom stereocenters. The quantitative estimate of drug-likeness (QED) is 0.291. The van der Waals surface area contributed by atoms with Crippen LogP contribution in [0.15, 0.2) is 42.3 Å². The number of fused-ring (bicyclic) bond motifs is 1. The summed E-state index contributed by atoms with van der Waals surface area (Å²) in [6.45, 7) is 9.58. The third-order valence-electron chi connectivity index (χ3n) is 8.47. The lowest BCUT2D eigenvalue weighted by atomic mass is 9.89. The number of halogens is 3. The molecule has 0 unspecified atom stereocenters. The summed E-state index contributed by atoms with van der Waals surface area (Å²) in [7, 11) is 0. The molecule has 1 aliphatic heterocycles. The summed E-state index contributed by atoms with van der Waals surface area (Å²) in [5.41, 5.74) is 0.615. The zero-order valence-corrected chi connectivity index (χ0v) is 23.0. The minimum absolute atomic E-state index is 0.141. The van der Waals surface area contributed by atoms with E-state index in [-0.39, 0.29) is 5.92 Å². The maximum Gasteiger partial charge on any atom is 0.416 e. The van der Waals surface area contributed by atoms with Crippen LogP contribution < -0.4 is 0 Å². The Hall–Kier alpha value is -2.39. The molecule has 3 heterocycles. The zero-order chi connectivity index (χ0) is 26.9. The highest BCUT2D eigenvalue weighted by molar-refractivity contribution is 7.17. The van der Waals surface area contributed by atoms with E-state index in [0.717, 1.165) is 70.3 Å². The molecule has 1 amide bonds. The minimum Gasteiger partial charge on any atom is -0.342 e. The van der Waals surface area contributed by atoms with Gasteiger partial charge in [0.2, 0.25) is 5.91 Å². The number of imidazole rings is 1. The number of benzene rings is 1. The molecule has 2 aliphatic rings. The Labute approximate surface area is 226 Å². The smallest absolute Gasteiger partial charge is 0.342 e. The maximum atomic E-state index is 13.3. The number of carbonyl (C=O) groups is 1. The van der Waals surface area contributed by atoms with Gasteiger partial charge in [0.15, 0.2) is 0 Å². The normalized spacial score (nSPS) is 21.6. The summed E-state index contributed by atoms with van der Waals surface area (Å²) < 4.78 is 42.1. The van der Waals surface area contributed by atoms with Gasteiger partial charge >= 0.3 is 6.18 Å². The Morgan fingerprint density at radius 2 is 2.03 bits per heavy atom. The zero-order valence-electron chi connectivity index (χ0n) is 22.2. The molecule has 5 rings (SSSR count). The number of alkyl halides is 3. The van der Waals surface area contributed by atoms with Crippen LogP contribution in [0.3, 0.4) is 0 Å². The minimum atomic E-state index is -4.31. The SMILES string of the molecule is CC[C@H](CN(CC)C(=O)[C@@H]1C[C@H]1CN1CCC(c2csc3cc(C(F)(F)F)ccc23)CC1)Cn1ccnc1. The lowest BCUT2D eigenvalue weighted by Gasteiger charge is -2.32. The molecule has 3 aromatic rings.